The molecule has 0 bridgehead atoms. The highest BCUT2D eigenvalue weighted by molar-refractivity contribution is 5.82. The van der Waals surface area contributed by atoms with E-state index in [-0.39, 0.29) is 25.5 Å². The van der Waals surface area contributed by atoms with E-state index in [0.717, 1.165) is 0 Å². The van der Waals surface area contributed by atoms with Crippen molar-refractivity contribution in [3.63, 3.8) is 0 Å². The zero-order chi connectivity index (χ0) is 14.3. The quantitative estimate of drug-likeness (QED) is 0.860. The molecule has 7 nitrogen and oxygen atoms in total. The van der Waals surface area contributed by atoms with Crippen LogP contribution in [0.2, 0.25) is 0 Å². The minimum atomic E-state index is -0.903. The number of hydrogen-bond donors (Lipinski definition) is 1. The Kier molecular flexibility index (Phi) is 2.81. The van der Waals surface area contributed by atoms with Gasteiger partial charge >= 0.3 is 11.7 Å². The molecule has 2 heterocycles. The molecular weight excluding hydrogens is 264 g/mol. The molecule has 1 saturated heterocycles. The lowest BCUT2D eigenvalue weighted by atomic mass is 10.0. The molecule has 1 N–H and O–H groups in total. The first-order chi connectivity index (χ1) is 9.56. The standard InChI is InChI=1S/C13H12N2O5/c16-11(14-5-8(6-14)12(17)18)7-15-9-3-1-2-4-10(9)20-13(15)19/h1-4,8H,5-7H2,(H,17,18). The van der Waals surface area contributed by atoms with Gasteiger partial charge in [0.05, 0.1) is 11.4 Å². The largest absolute Gasteiger partial charge is 0.481 e. The van der Waals surface area contributed by atoms with Crippen molar-refractivity contribution in [2.75, 3.05) is 13.1 Å². The van der Waals surface area contributed by atoms with E-state index in [0.29, 0.717) is 11.1 Å². The van der Waals surface area contributed by atoms with Crippen molar-refractivity contribution in [2.45, 2.75) is 6.54 Å². The van der Waals surface area contributed by atoms with Crippen LogP contribution in [0.3, 0.4) is 0 Å². The second kappa shape index (κ2) is 4.52. The van der Waals surface area contributed by atoms with Crippen molar-refractivity contribution in [3.05, 3.63) is 34.8 Å². The van der Waals surface area contributed by atoms with E-state index in [2.05, 4.69) is 0 Å². The lowest BCUT2D eigenvalue weighted by molar-refractivity contribution is -0.153. The number of carboxylic acid groups (broad SMARTS) is 1. The fraction of sp³-hybridized carbons (Fsp3) is 0.308. The van der Waals surface area contributed by atoms with E-state index in [1.165, 1.54) is 9.47 Å². The van der Waals surface area contributed by atoms with E-state index >= 15 is 0 Å². The first-order valence-corrected chi connectivity index (χ1v) is 6.15. The number of benzene rings is 1. The smallest absolute Gasteiger partial charge is 0.420 e. The lowest BCUT2D eigenvalue weighted by Gasteiger charge is -2.36. The maximum Gasteiger partial charge on any atom is 0.420 e. The third kappa shape index (κ3) is 1.97. The van der Waals surface area contributed by atoms with Crippen LogP contribution in [-0.2, 0) is 16.1 Å². The van der Waals surface area contributed by atoms with Gasteiger partial charge in [0.1, 0.15) is 6.54 Å². The fourth-order valence-electron chi connectivity index (χ4n) is 2.24. The first kappa shape index (κ1) is 12.5. The molecule has 0 saturated carbocycles. The Morgan fingerprint density at radius 3 is 2.70 bits per heavy atom. The van der Waals surface area contributed by atoms with E-state index in [9.17, 15) is 14.4 Å². The Morgan fingerprint density at radius 2 is 2.00 bits per heavy atom. The number of carbonyl (C=O) groups excluding carboxylic acids is 1. The molecule has 0 spiro atoms. The molecule has 1 amide bonds. The first-order valence-electron chi connectivity index (χ1n) is 6.15. The van der Waals surface area contributed by atoms with E-state index in [4.69, 9.17) is 9.52 Å². The molecule has 3 rings (SSSR count). The van der Waals surface area contributed by atoms with Crippen LogP contribution in [0.4, 0.5) is 0 Å². The molecule has 104 valence electrons. The highest BCUT2D eigenvalue weighted by Crippen LogP contribution is 2.17. The average Bonchev–Trinajstić information content (AvgIpc) is 2.64. The molecule has 1 aliphatic rings. The molecule has 0 unspecified atom stereocenters. The Hall–Kier alpha value is -2.57. The molecule has 2 aromatic rings. The maximum atomic E-state index is 12.0. The Balaban J connectivity index is 1.77. The molecule has 0 aliphatic carbocycles. The van der Waals surface area contributed by atoms with Crippen molar-refractivity contribution in [2.24, 2.45) is 5.92 Å². The minimum absolute atomic E-state index is 0.137. The van der Waals surface area contributed by atoms with E-state index in [1.807, 2.05) is 0 Å². The van der Waals surface area contributed by atoms with Crippen LogP contribution < -0.4 is 5.76 Å². The molecule has 7 heteroatoms. The summed E-state index contributed by atoms with van der Waals surface area (Å²) >= 11 is 0. The van der Waals surface area contributed by atoms with E-state index < -0.39 is 17.6 Å². The van der Waals surface area contributed by atoms with Gasteiger partial charge in [-0.3, -0.25) is 14.2 Å². The summed E-state index contributed by atoms with van der Waals surface area (Å²) in [5.74, 6) is -2.28. The number of carboxylic acids is 1. The molecular formula is C13H12N2O5. The number of carbonyl (C=O) groups is 2. The molecule has 0 radical (unpaired) electrons. The predicted molar refractivity (Wildman–Crippen MR) is 68.2 cm³/mol. The van der Waals surface area contributed by atoms with Crippen molar-refractivity contribution in [3.8, 4) is 0 Å². The predicted octanol–water partition coefficient (Wildman–Crippen LogP) is 0.137. The van der Waals surface area contributed by atoms with Crippen molar-refractivity contribution in [1.29, 1.82) is 0 Å². The number of oxazole rings is 1. The summed E-state index contributed by atoms with van der Waals surface area (Å²) in [6, 6.07) is 6.85. The fourth-order valence-corrected chi connectivity index (χ4v) is 2.24. The van der Waals surface area contributed by atoms with Gasteiger partial charge in [0.2, 0.25) is 5.91 Å². The third-order valence-electron chi connectivity index (χ3n) is 3.45. The normalized spacial score (nSPS) is 15.3. The van der Waals surface area contributed by atoms with Gasteiger partial charge in [-0.05, 0) is 12.1 Å². The zero-order valence-electron chi connectivity index (χ0n) is 10.5. The van der Waals surface area contributed by atoms with Crippen LogP contribution in [0.15, 0.2) is 33.5 Å². The monoisotopic (exact) mass is 276 g/mol. The molecule has 20 heavy (non-hydrogen) atoms. The van der Waals surface area contributed by atoms with Crippen LogP contribution in [0, 0.1) is 5.92 Å². The number of aliphatic carboxylic acids is 1. The molecule has 1 aromatic heterocycles. The highest BCUT2D eigenvalue weighted by atomic mass is 16.4. The number of para-hydroxylation sites is 2. The number of fused-ring (bicyclic) bond motifs is 1. The number of rotatable bonds is 3. The van der Waals surface area contributed by atoms with Gasteiger partial charge in [-0.2, -0.15) is 0 Å². The Bertz CT molecular complexity index is 739. The summed E-state index contributed by atoms with van der Waals surface area (Å²) in [7, 11) is 0. The van der Waals surface area contributed by atoms with Crippen LogP contribution in [-0.4, -0.2) is 39.5 Å². The van der Waals surface area contributed by atoms with Gasteiger partial charge in [0.25, 0.3) is 0 Å². The summed E-state index contributed by atoms with van der Waals surface area (Å²) in [6.45, 7) is 0.250. The van der Waals surface area contributed by atoms with Gasteiger partial charge in [-0.1, -0.05) is 12.1 Å². The molecule has 1 fully saturated rings. The van der Waals surface area contributed by atoms with Crippen molar-refractivity contribution in [1.82, 2.24) is 9.47 Å². The second-order valence-electron chi connectivity index (χ2n) is 4.76. The topological polar surface area (TPSA) is 92.8 Å². The van der Waals surface area contributed by atoms with Crippen LogP contribution in [0.5, 0.6) is 0 Å². The van der Waals surface area contributed by atoms with Gasteiger partial charge < -0.3 is 14.4 Å². The minimum Gasteiger partial charge on any atom is -0.481 e. The average molecular weight is 276 g/mol. The van der Waals surface area contributed by atoms with Gasteiger partial charge in [0, 0.05) is 13.1 Å². The lowest BCUT2D eigenvalue weighted by Crippen LogP contribution is -2.54. The van der Waals surface area contributed by atoms with Crippen LogP contribution in [0.1, 0.15) is 0 Å². The van der Waals surface area contributed by atoms with Crippen molar-refractivity contribution < 1.29 is 19.1 Å². The van der Waals surface area contributed by atoms with Gasteiger partial charge in [-0.15, -0.1) is 0 Å². The molecule has 1 aromatic carbocycles. The number of aromatic nitrogens is 1. The summed E-state index contributed by atoms with van der Waals surface area (Å²) in [5.41, 5.74) is 0.985. The summed E-state index contributed by atoms with van der Waals surface area (Å²) in [4.78, 5) is 35.8. The number of likely N-dealkylation sites (tertiary alicyclic amines) is 1. The second-order valence-corrected chi connectivity index (χ2v) is 4.76. The number of nitrogens with zero attached hydrogens (tertiary/aromatic N) is 2. The van der Waals surface area contributed by atoms with Gasteiger partial charge in [0.15, 0.2) is 5.58 Å². The summed E-state index contributed by atoms with van der Waals surface area (Å²) in [5, 5.41) is 8.77. The summed E-state index contributed by atoms with van der Waals surface area (Å²) < 4.78 is 6.29. The SMILES string of the molecule is O=C(O)C1CN(C(=O)Cn2c(=O)oc3ccccc32)C1. The molecule has 0 atom stereocenters. The third-order valence-corrected chi connectivity index (χ3v) is 3.45. The highest BCUT2D eigenvalue weighted by Gasteiger charge is 2.35. The molecule has 1 aliphatic heterocycles. The van der Waals surface area contributed by atoms with Crippen molar-refractivity contribution >= 4 is 23.0 Å². The Labute approximate surface area is 113 Å². The maximum absolute atomic E-state index is 12.0. The zero-order valence-corrected chi connectivity index (χ0v) is 10.5. The van der Waals surface area contributed by atoms with Crippen LogP contribution >= 0.6 is 0 Å². The van der Waals surface area contributed by atoms with E-state index in [1.54, 1.807) is 24.3 Å². The Morgan fingerprint density at radius 1 is 1.30 bits per heavy atom. The summed E-state index contributed by atoms with van der Waals surface area (Å²) in [6.07, 6.45) is 0. The number of amides is 1. The van der Waals surface area contributed by atoms with Gasteiger partial charge in [-0.25, -0.2) is 4.79 Å². The number of hydrogen-bond acceptors (Lipinski definition) is 4. The van der Waals surface area contributed by atoms with Crippen LogP contribution in [0.25, 0.3) is 11.1 Å².